The maximum absolute atomic E-state index is 14.2. The largest absolute Gasteiger partial charge is 0.495 e. The Hall–Kier alpha value is -4.76. The maximum atomic E-state index is 14.2. The van der Waals surface area contributed by atoms with Crippen LogP contribution in [0.15, 0.2) is 59.7 Å². The van der Waals surface area contributed by atoms with Gasteiger partial charge in [-0.05, 0) is 42.8 Å². The third kappa shape index (κ3) is 6.84. The standard InChI is InChI=1S/C27H23ClF4N6O5/c1-4-20(26(41)33-17-8-14(7-16(29)10-17)25(40)35-43-3)37-12-22(42-2)19(11-24(37)39)18-9-15(28)5-6-21(18)38-13-23(34-36-38)27(30,31)32/h5-13,20H,4H2,1-3H3,(H,33,41)(H,35,40)/t20-/m0/s1. The number of carbonyl (C=O) groups excluding carboxylic acids is 2. The van der Waals surface area contributed by atoms with E-state index in [9.17, 15) is 31.9 Å². The van der Waals surface area contributed by atoms with Crippen LogP contribution in [0.3, 0.4) is 0 Å². The number of benzene rings is 2. The fourth-order valence-corrected chi connectivity index (χ4v) is 4.43. The fraction of sp³-hybridized carbons (Fsp3) is 0.222. The van der Waals surface area contributed by atoms with Crippen molar-refractivity contribution in [1.82, 2.24) is 25.0 Å². The summed E-state index contributed by atoms with van der Waals surface area (Å²) < 4.78 is 61.1. The van der Waals surface area contributed by atoms with E-state index in [2.05, 4.69) is 20.5 Å². The molecule has 2 heterocycles. The molecule has 0 aliphatic heterocycles. The van der Waals surface area contributed by atoms with Crippen molar-refractivity contribution in [3.8, 4) is 22.6 Å². The molecular weight excluding hydrogens is 600 g/mol. The second-order valence-corrected chi connectivity index (χ2v) is 9.42. The van der Waals surface area contributed by atoms with Gasteiger partial charge in [-0.2, -0.15) is 13.2 Å². The van der Waals surface area contributed by atoms with Gasteiger partial charge in [-0.1, -0.05) is 23.7 Å². The van der Waals surface area contributed by atoms with Gasteiger partial charge in [0.2, 0.25) is 5.91 Å². The van der Waals surface area contributed by atoms with E-state index in [0.29, 0.717) is 6.20 Å². The van der Waals surface area contributed by atoms with Crippen molar-refractivity contribution >= 4 is 29.1 Å². The molecule has 16 heteroatoms. The van der Waals surface area contributed by atoms with Crippen LogP contribution < -0.4 is 21.1 Å². The van der Waals surface area contributed by atoms with E-state index in [4.69, 9.17) is 16.3 Å². The summed E-state index contributed by atoms with van der Waals surface area (Å²) in [5.41, 5.74) is 0.456. The predicted molar refractivity (Wildman–Crippen MR) is 146 cm³/mol. The first-order valence-electron chi connectivity index (χ1n) is 12.4. The molecule has 1 atom stereocenters. The normalized spacial score (nSPS) is 12.1. The first-order valence-corrected chi connectivity index (χ1v) is 12.8. The topological polar surface area (TPSA) is 129 Å². The van der Waals surface area contributed by atoms with E-state index in [-0.39, 0.29) is 45.3 Å². The van der Waals surface area contributed by atoms with E-state index in [0.717, 1.165) is 27.4 Å². The molecule has 0 radical (unpaired) electrons. The summed E-state index contributed by atoms with van der Waals surface area (Å²) in [6, 6.07) is 7.44. The van der Waals surface area contributed by atoms with Gasteiger partial charge in [0.25, 0.3) is 11.5 Å². The van der Waals surface area contributed by atoms with E-state index in [1.165, 1.54) is 44.7 Å². The summed E-state index contributed by atoms with van der Waals surface area (Å²) in [7, 11) is 2.50. The summed E-state index contributed by atoms with van der Waals surface area (Å²) in [6.45, 7) is 1.64. The van der Waals surface area contributed by atoms with Gasteiger partial charge in [0.1, 0.15) is 17.6 Å². The summed E-state index contributed by atoms with van der Waals surface area (Å²) in [5, 5.41) is 9.46. The number of rotatable bonds is 9. The molecule has 226 valence electrons. The van der Waals surface area contributed by atoms with Gasteiger partial charge in [-0.3, -0.25) is 23.8 Å². The van der Waals surface area contributed by atoms with Gasteiger partial charge in [0.05, 0.1) is 32.3 Å². The molecule has 43 heavy (non-hydrogen) atoms. The highest BCUT2D eigenvalue weighted by atomic mass is 35.5. The van der Waals surface area contributed by atoms with Gasteiger partial charge in [0, 0.05) is 33.5 Å². The van der Waals surface area contributed by atoms with Gasteiger partial charge >= 0.3 is 6.18 Å². The van der Waals surface area contributed by atoms with Crippen LogP contribution in [-0.4, -0.2) is 45.6 Å². The zero-order chi connectivity index (χ0) is 31.5. The number of aromatic nitrogens is 4. The molecule has 4 rings (SSSR count). The monoisotopic (exact) mass is 622 g/mol. The minimum atomic E-state index is -4.73. The van der Waals surface area contributed by atoms with E-state index in [1.54, 1.807) is 6.92 Å². The van der Waals surface area contributed by atoms with Crippen LogP contribution in [0.4, 0.5) is 23.2 Å². The van der Waals surface area contributed by atoms with Crippen molar-refractivity contribution in [2.75, 3.05) is 19.5 Å². The van der Waals surface area contributed by atoms with Crippen LogP contribution in [0, 0.1) is 5.82 Å². The molecule has 11 nitrogen and oxygen atoms in total. The maximum Gasteiger partial charge on any atom is 0.436 e. The Kier molecular flexibility index (Phi) is 9.16. The van der Waals surface area contributed by atoms with Gasteiger partial charge in [-0.25, -0.2) is 14.6 Å². The Balaban J connectivity index is 1.73. The highest BCUT2D eigenvalue weighted by Gasteiger charge is 2.35. The van der Waals surface area contributed by atoms with Crippen LogP contribution in [0.5, 0.6) is 5.75 Å². The highest BCUT2D eigenvalue weighted by molar-refractivity contribution is 6.31. The number of amides is 2. The van der Waals surface area contributed by atoms with Crippen molar-refractivity contribution in [3.05, 3.63) is 87.3 Å². The summed E-state index contributed by atoms with van der Waals surface area (Å²) in [5.74, 6) is -2.17. The molecule has 2 aromatic heterocycles. The Bertz CT molecular complexity index is 1740. The number of alkyl halides is 3. The Morgan fingerprint density at radius 2 is 1.81 bits per heavy atom. The lowest BCUT2D eigenvalue weighted by atomic mass is 10.0. The molecule has 0 aliphatic carbocycles. The third-order valence-corrected chi connectivity index (χ3v) is 6.43. The first-order chi connectivity index (χ1) is 20.4. The molecule has 0 saturated heterocycles. The van der Waals surface area contributed by atoms with Crippen LogP contribution in [-0.2, 0) is 15.8 Å². The predicted octanol–water partition coefficient (Wildman–Crippen LogP) is 4.80. The average molecular weight is 623 g/mol. The van der Waals surface area contributed by atoms with Crippen LogP contribution in [0.25, 0.3) is 16.8 Å². The van der Waals surface area contributed by atoms with Gasteiger partial charge < -0.3 is 10.1 Å². The molecule has 0 spiro atoms. The smallest absolute Gasteiger partial charge is 0.436 e. The van der Waals surface area contributed by atoms with E-state index >= 15 is 0 Å². The first kappa shape index (κ1) is 31.2. The quantitative estimate of drug-likeness (QED) is 0.203. The molecule has 0 unspecified atom stereocenters. The van der Waals surface area contributed by atoms with Crippen molar-refractivity contribution in [3.63, 3.8) is 0 Å². The molecule has 2 aromatic carbocycles. The van der Waals surface area contributed by atoms with Crippen LogP contribution in [0.1, 0.15) is 35.4 Å². The summed E-state index contributed by atoms with van der Waals surface area (Å²) >= 11 is 6.19. The molecule has 2 amide bonds. The molecule has 0 aliphatic rings. The SMILES string of the molecule is CC[C@@H](C(=O)Nc1cc(F)cc(C(=O)NOC)c1)n1cc(OC)c(-c2cc(Cl)ccc2-n2cc(C(F)(F)F)nn2)cc1=O. The van der Waals surface area contributed by atoms with Crippen molar-refractivity contribution in [2.45, 2.75) is 25.6 Å². The Morgan fingerprint density at radius 3 is 2.44 bits per heavy atom. The van der Waals surface area contributed by atoms with Crippen LogP contribution in [0.2, 0.25) is 5.02 Å². The van der Waals surface area contributed by atoms with Crippen molar-refractivity contribution < 1.29 is 36.7 Å². The molecular formula is C27H23ClF4N6O5. The van der Waals surface area contributed by atoms with Crippen molar-refractivity contribution in [1.29, 1.82) is 0 Å². The molecule has 0 fully saturated rings. The number of anilines is 1. The number of nitrogens with one attached hydrogen (secondary N) is 2. The number of carbonyl (C=O) groups is 2. The Morgan fingerprint density at radius 1 is 1.07 bits per heavy atom. The number of hydrogen-bond donors (Lipinski definition) is 2. The molecule has 4 aromatic rings. The lowest BCUT2D eigenvalue weighted by Crippen LogP contribution is -2.33. The van der Waals surface area contributed by atoms with Crippen LogP contribution >= 0.6 is 11.6 Å². The second kappa shape index (κ2) is 12.6. The zero-order valence-electron chi connectivity index (χ0n) is 22.7. The van der Waals surface area contributed by atoms with E-state index < -0.39 is 41.1 Å². The number of halogens is 5. The van der Waals surface area contributed by atoms with E-state index in [1.807, 2.05) is 5.48 Å². The lowest BCUT2D eigenvalue weighted by molar-refractivity contribution is -0.141. The number of nitrogens with zero attached hydrogens (tertiary/aromatic N) is 4. The molecule has 0 saturated carbocycles. The number of ether oxygens (including phenoxy) is 1. The number of pyridine rings is 1. The van der Waals surface area contributed by atoms with Gasteiger partial charge in [-0.15, -0.1) is 5.10 Å². The minimum Gasteiger partial charge on any atom is -0.495 e. The third-order valence-electron chi connectivity index (χ3n) is 6.19. The minimum absolute atomic E-state index is 0.0454. The fourth-order valence-electron chi connectivity index (χ4n) is 4.26. The number of hydrogen-bond acceptors (Lipinski definition) is 7. The van der Waals surface area contributed by atoms with Gasteiger partial charge in [0.15, 0.2) is 5.69 Å². The highest BCUT2D eigenvalue weighted by Crippen LogP contribution is 2.36. The van der Waals surface area contributed by atoms with Crippen molar-refractivity contribution in [2.24, 2.45) is 0 Å². The zero-order valence-corrected chi connectivity index (χ0v) is 23.5. The summed E-state index contributed by atoms with van der Waals surface area (Å²) in [4.78, 5) is 43.2. The number of hydroxylamine groups is 1. The second-order valence-electron chi connectivity index (χ2n) is 8.99. The molecule has 0 bridgehead atoms. The average Bonchev–Trinajstić information content (AvgIpc) is 3.45. The Labute approximate surface area is 245 Å². The lowest BCUT2D eigenvalue weighted by Gasteiger charge is -2.21. The summed E-state index contributed by atoms with van der Waals surface area (Å²) in [6.07, 6.45) is -2.67. The molecule has 2 N–H and O–H groups in total. The number of methoxy groups -OCH3 is 1.